The molecular weight excluding hydrogens is 403 g/mol. The van der Waals surface area contributed by atoms with Crippen LogP contribution in [0.3, 0.4) is 0 Å². The van der Waals surface area contributed by atoms with Crippen LogP contribution in [0.2, 0.25) is 0 Å². The smallest absolute Gasteiger partial charge is 0.521 e. The van der Waals surface area contributed by atoms with E-state index in [1.54, 1.807) is 0 Å². The first-order valence-corrected chi connectivity index (χ1v) is 11.1. The van der Waals surface area contributed by atoms with Crippen LogP contribution in [-0.4, -0.2) is 7.12 Å². The van der Waals surface area contributed by atoms with Crippen molar-refractivity contribution in [1.29, 1.82) is 0 Å². The SMILES string of the molecule is c1ccc2c(OB(Oc3cccc4ccccc34)c3cccc4ccccc34)cccc2c1. The second-order valence-corrected chi connectivity index (χ2v) is 8.09. The van der Waals surface area contributed by atoms with E-state index in [1.807, 2.05) is 48.5 Å². The number of benzene rings is 6. The van der Waals surface area contributed by atoms with Gasteiger partial charge in [-0.25, -0.2) is 0 Å². The average Bonchev–Trinajstić information content (AvgIpc) is 2.88. The van der Waals surface area contributed by atoms with E-state index in [9.17, 15) is 0 Å². The van der Waals surface area contributed by atoms with Gasteiger partial charge in [0.15, 0.2) is 0 Å². The number of fused-ring (bicyclic) bond motifs is 3. The Kier molecular flexibility index (Phi) is 4.93. The second kappa shape index (κ2) is 8.36. The third-order valence-electron chi connectivity index (χ3n) is 6.04. The molecule has 0 bridgehead atoms. The Morgan fingerprint density at radius 3 is 1.30 bits per heavy atom. The van der Waals surface area contributed by atoms with Gasteiger partial charge < -0.3 is 9.31 Å². The molecule has 3 heteroatoms. The summed E-state index contributed by atoms with van der Waals surface area (Å²) in [6.45, 7) is 0. The molecule has 0 unspecified atom stereocenters. The lowest BCUT2D eigenvalue weighted by molar-refractivity contribution is 0.445. The third kappa shape index (κ3) is 3.68. The normalized spacial score (nSPS) is 11.0. The molecule has 0 saturated carbocycles. The number of hydrogen-bond acceptors (Lipinski definition) is 2. The lowest BCUT2D eigenvalue weighted by Crippen LogP contribution is -2.43. The van der Waals surface area contributed by atoms with E-state index < -0.39 is 7.12 Å². The standard InChI is InChI=1S/C30H21BO2/c1-4-16-25-22(10-1)13-7-19-28(25)31(32-29-20-8-14-23-11-2-5-17-26(23)29)33-30-21-9-15-24-12-3-6-18-27(24)30/h1-21H. The Balaban J connectivity index is 1.51. The molecule has 0 fully saturated rings. The first kappa shape index (κ1) is 19.5. The highest BCUT2D eigenvalue weighted by Gasteiger charge is 2.29. The maximum atomic E-state index is 6.65. The molecule has 0 spiro atoms. The molecule has 0 aliphatic rings. The highest BCUT2D eigenvalue weighted by molar-refractivity contribution is 6.66. The minimum absolute atomic E-state index is 0.618. The van der Waals surface area contributed by atoms with Crippen LogP contribution in [-0.2, 0) is 0 Å². The zero-order chi connectivity index (χ0) is 22.0. The molecule has 0 atom stereocenters. The Bertz CT molecular complexity index is 1490. The van der Waals surface area contributed by atoms with Crippen LogP contribution >= 0.6 is 0 Å². The second-order valence-electron chi connectivity index (χ2n) is 8.09. The summed E-state index contributed by atoms with van der Waals surface area (Å²) in [6.07, 6.45) is 0. The molecule has 6 rings (SSSR count). The van der Waals surface area contributed by atoms with Gasteiger partial charge in [-0.1, -0.05) is 115 Å². The molecule has 0 heterocycles. The van der Waals surface area contributed by atoms with Crippen LogP contribution in [0.5, 0.6) is 11.5 Å². The maximum absolute atomic E-state index is 6.65. The van der Waals surface area contributed by atoms with Gasteiger partial charge in [0.25, 0.3) is 0 Å². The predicted octanol–water partition coefficient (Wildman–Crippen LogP) is 7.00. The molecule has 0 saturated heterocycles. The van der Waals surface area contributed by atoms with Crippen molar-refractivity contribution < 1.29 is 9.31 Å². The molecule has 6 aromatic carbocycles. The minimum Gasteiger partial charge on any atom is -0.521 e. The molecule has 33 heavy (non-hydrogen) atoms. The minimum atomic E-state index is -0.618. The van der Waals surface area contributed by atoms with Crippen molar-refractivity contribution in [3.63, 3.8) is 0 Å². The zero-order valence-electron chi connectivity index (χ0n) is 18.0. The molecule has 6 aromatic rings. The van der Waals surface area contributed by atoms with E-state index in [1.165, 1.54) is 0 Å². The van der Waals surface area contributed by atoms with Crippen molar-refractivity contribution in [2.75, 3.05) is 0 Å². The van der Waals surface area contributed by atoms with E-state index in [2.05, 4.69) is 78.9 Å². The monoisotopic (exact) mass is 424 g/mol. The van der Waals surface area contributed by atoms with Crippen molar-refractivity contribution in [2.24, 2.45) is 0 Å². The molecule has 2 nitrogen and oxygen atoms in total. The van der Waals surface area contributed by atoms with Gasteiger partial charge in [0.05, 0.1) is 0 Å². The summed E-state index contributed by atoms with van der Waals surface area (Å²) < 4.78 is 13.3. The van der Waals surface area contributed by atoms with Gasteiger partial charge >= 0.3 is 7.12 Å². The topological polar surface area (TPSA) is 18.5 Å². The van der Waals surface area contributed by atoms with Crippen molar-refractivity contribution in [2.45, 2.75) is 0 Å². The summed E-state index contributed by atoms with van der Waals surface area (Å²) in [6, 6.07) is 43.4. The molecular formula is C30H21BO2. The largest absolute Gasteiger partial charge is 0.633 e. The molecule has 0 aliphatic carbocycles. The predicted molar refractivity (Wildman–Crippen MR) is 138 cm³/mol. The lowest BCUT2D eigenvalue weighted by Gasteiger charge is -2.20. The van der Waals surface area contributed by atoms with Gasteiger partial charge in [0.1, 0.15) is 11.5 Å². The van der Waals surface area contributed by atoms with E-state index in [0.717, 1.165) is 49.3 Å². The Morgan fingerprint density at radius 1 is 0.364 bits per heavy atom. The van der Waals surface area contributed by atoms with Crippen LogP contribution in [0.4, 0.5) is 0 Å². The average molecular weight is 424 g/mol. The highest BCUT2D eigenvalue weighted by atomic mass is 16.6. The molecule has 156 valence electrons. The number of rotatable bonds is 5. The van der Waals surface area contributed by atoms with Crippen molar-refractivity contribution in [3.05, 3.63) is 127 Å². The Hall–Kier alpha value is -4.24. The van der Waals surface area contributed by atoms with Gasteiger partial charge in [-0.05, 0) is 33.7 Å². The molecule has 0 aliphatic heterocycles. The summed E-state index contributed by atoms with van der Waals surface area (Å²) in [7, 11) is -0.618. The summed E-state index contributed by atoms with van der Waals surface area (Å²) >= 11 is 0. The molecule has 0 radical (unpaired) electrons. The van der Waals surface area contributed by atoms with E-state index in [4.69, 9.17) is 9.31 Å². The fraction of sp³-hybridized carbons (Fsp3) is 0. The van der Waals surface area contributed by atoms with Crippen LogP contribution in [0.1, 0.15) is 0 Å². The summed E-state index contributed by atoms with van der Waals surface area (Å²) in [5.74, 6) is 1.59. The van der Waals surface area contributed by atoms with Crippen LogP contribution in [0, 0.1) is 0 Å². The summed E-state index contributed by atoms with van der Waals surface area (Å²) in [4.78, 5) is 0. The van der Waals surface area contributed by atoms with Crippen LogP contribution in [0.15, 0.2) is 127 Å². The van der Waals surface area contributed by atoms with E-state index in [-0.39, 0.29) is 0 Å². The summed E-state index contributed by atoms with van der Waals surface area (Å²) in [5.41, 5.74) is 0.994. The van der Waals surface area contributed by atoms with Gasteiger partial charge in [0, 0.05) is 16.2 Å². The first-order valence-electron chi connectivity index (χ1n) is 11.1. The zero-order valence-corrected chi connectivity index (χ0v) is 18.0. The summed E-state index contributed by atoms with van der Waals surface area (Å²) in [5, 5.41) is 6.67. The quantitative estimate of drug-likeness (QED) is 0.278. The highest BCUT2D eigenvalue weighted by Crippen LogP contribution is 2.29. The van der Waals surface area contributed by atoms with E-state index in [0.29, 0.717) is 0 Å². The maximum Gasteiger partial charge on any atom is 0.633 e. The van der Waals surface area contributed by atoms with Crippen molar-refractivity contribution in [3.8, 4) is 11.5 Å². The lowest BCUT2D eigenvalue weighted by atomic mass is 9.75. The fourth-order valence-corrected chi connectivity index (χ4v) is 4.43. The Labute approximate surface area is 193 Å². The molecule has 0 amide bonds. The molecule has 0 aromatic heterocycles. The van der Waals surface area contributed by atoms with Gasteiger partial charge in [0.2, 0.25) is 0 Å². The van der Waals surface area contributed by atoms with Gasteiger partial charge in [-0.15, -0.1) is 0 Å². The van der Waals surface area contributed by atoms with Crippen molar-refractivity contribution in [1.82, 2.24) is 0 Å². The molecule has 0 N–H and O–H groups in total. The fourth-order valence-electron chi connectivity index (χ4n) is 4.43. The third-order valence-corrected chi connectivity index (χ3v) is 6.04. The Morgan fingerprint density at radius 2 is 0.758 bits per heavy atom. The van der Waals surface area contributed by atoms with Gasteiger partial charge in [-0.3, -0.25) is 0 Å². The van der Waals surface area contributed by atoms with E-state index >= 15 is 0 Å². The first-order chi connectivity index (χ1) is 16.4. The van der Waals surface area contributed by atoms with Gasteiger partial charge in [-0.2, -0.15) is 0 Å². The number of hydrogen-bond donors (Lipinski definition) is 0. The van der Waals surface area contributed by atoms with Crippen LogP contribution in [0.25, 0.3) is 32.3 Å². The van der Waals surface area contributed by atoms with Crippen molar-refractivity contribution >= 4 is 44.9 Å². The van der Waals surface area contributed by atoms with Crippen LogP contribution < -0.4 is 14.8 Å².